The zero-order chi connectivity index (χ0) is 17.7. The molecule has 2 rings (SSSR count). The van der Waals surface area contributed by atoms with Gasteiger partial charge in [-0.1, -0.05) is 12.1 Å². The van der Waals surface area contributed by atoms with Crippen LogP contribution in [0.2, 0.25) is 0 Å². The summed E-state index contributed by atoms with van der Waals surface area (Å²) in [5, 5.41) is 4.82. The monoisotopic (exact) mass is 367 g/mol. The zero-order valence-electron chi connectivity index (χ0n) is 13.2. The van der Waals surface area contributed by atoms with Crippen LogP contribution in [0.4, 0.5) is 5.00 Å². The van der Waals surface area contributed by atoms with E-state index in [2.05, 4.69) is 5.32 Å². The van der Waals surface area contributed by atoms with Crippen LogP contribution < -0.4 is 5.32 Å². The molecule has 0 radical (unpaired) electrons. The van der Waals surface area contributed by atoms with E-state index < -0.39 is 15.8 Å². The average Bonchev–Trinajstić information content (AvgIpc) is 2.95. The van der Waals surface area contributed by atoms with Crippen molar-refractivity contribution >= 4 is 38.1 Å². The number of hydrogen-bond acceptors (Lipinski definition) is 6. The highest BCUT2D eigenvalue weighted by Crippen LogP contribution is 2.24. The lowest BCUT2D eigenvalue weighted by molar-refractivity contribution is -0.115. The smallest absolute Gasteiger partial charge is 0.341 e. The summed E-state index contributed by atoms with van der Waals surface area (Å²) in [7, 11) is -3.26. The van der Waals surface area contributed by atoms with E-state index in [4.69, 9.17) is 4.74 Å². The number of nitrogens with one attached hydrogen (secondary N) is 1. The summed E-state index contributed by atoms with van der Waals surface area (Å²) in [5.41, 5.74) is 0.997. The van der Waals surface area contributed by atoms with E-state index in [0.717, 1.165) is 6.26 Å². The van der Waals surface area contributed by atoms with E-state index in [1.807, 2.05) is 0 Å². The molecule has 24 heavy (non-hydrogen) atoms. The summed E-state index contributed by atoms with van der Waals surface area (Å²) in [6.45, 7) is 1.97. The number of benzene rings is 1. The average molecular weight is 367 g/mol. The third-order valence-corrected chi connectivity index (χ3v) is 5.09. The van der Waals surface area contributed by atoms with Crippen LogP contribution in [0.25, 0.3) is 0 Å². The SMILES string of the molecule is CCOC(=O)c1ccsc1NC(=O)Cc1ccc(S(C)(=O)=O)cc1. The molecule has 1 amide bonds. The van der Waals surface area contributed by atoms with Crippen molar-refractivity contribution in [3.63, 3.8) is 0 Å². The number of thiophene rings is 1. The highest BCUT2D eigenvalue weighted by atomic mass is 32.2. The standard InChI is InChI=1S/C16H17NO5S2/c1-3-22-16(19)13-8-9-23-15(13)17-14(18)10-11-4-6-12(7-5-11)24(2,20)21/h4-9H,3,10H2,1-2H3,(H,17,18). The molecule has 1 N–H and O–H groups in total. The van der Waals surface area contributed by atoms with Crippen LogP contribution in [0, 0.1) is 0 Å². The Morgan fingerprint density at radius 1 is 1.17 bits per heavy atom. The van der Waals surface area contributed by atoms with Gasteiger partial charge in [0.05, 0.1) is 23.5 Å². The van der Waals surface area contributed by atoms with E-state index in [1.165, 1.54) is 23.5 Å². The molecule has 0 bridgehead atoms. The Bertz CT molecular complexity index is 838. The Labute approximate surface area is 144 Å². The highest BCUT2D eigenvalue weighted by molar-refractivity contribution is 7.90. The van der Waals surface area contributed by atoms with E-state index in [-0.39, 0.29) is 23.8 Å². The Morgan fingerprint density at radius 2 is 1.83 bits per heavy atom. The summed E-state index contributed by atoms with van der Waals surface area (Å²) >= 11 is 1.24. The van der Waals surface area contributed by atoms with Crippen molar-refractivity contribution in [2.75, 3.05) is 18.2 Å². The molecule has 0 spiro atoms. The lowest BCUT2D eigenvalue weighted by atomic mass is 10.1. The van der Waals surface area contributed by atoms with Gasteiger partial charge >= 0.3 is 5.97 Å². The molecular weight excluding hydrogens is 350 g/mol. The van der Waals surface area contributed by atoms with Crippen LogP contribution in [0.1, 0.15) is 22.8 Å². The second-order valence-corrected chi connectivity index (χ2v) is 7.96. The first kappa shape index (κ1) is 18.2. The molecule has 2 aromatic rings. The Kier molecular flexibility index (Phi) is 5.74. The minimum absolute atomic E-state index is 0.0736. The van der Waals surface area contributed by atoms with Crippen LogP contribution in [-0.4, -0.2) is 33.2 Å². The van der Waals surface area contributed by atoms with Crippen molar-refractivity contribution in [1.82, 2.24) is 0 Å². The van der Waals surface area contributed by atoms with Crippen LogP contribution in [0.5, 0.6) is 0 Å². The van der Waals surface area contributed by atoms with Gasteiger partial charge in [0.2, 0.25) is 5.91 Å². The molecule has 6 nitrogen and oxygen atoms in total. The number of amides is 1. The second kappa shape index (κ2) is 7.59. The maximum absolute atomic E-state index is 12.1. The van der Waals surface area contributed by atoms with Crippen molar-refractivity contribution in [2.45, 2.75) is 18.2 Å². The minimum Gasteiger partial charge on any atom is -0.462 e. The molecule has 0 aliphatic carbocycles. The van der Waals surface area contributed by atoms with E-state index in [1.54, 1.807) is 30.5 Å². The lowest BCUT2D eigenvalue weighted by Crippen LogP contribution is -2.16. The second-order valence-electron chi connectivity index (χ2n) is 5.02. The Hall–Kier alpha value is -2.19. The number of carbonyl (C=O) groups is 2. The highest BCUT2D eigenvalue weighted by Gasteiger charge is 2.16. The number of ether oxygens (including phenoxy) is 1. The van der Waals surface area contributed by atoms with Gasteiger partial charge in [-0.2, -0.15) is 0 Å². The molecule has 0 fully saturated rings. The van der Waals surface area contributed by atoms with E-state index in [0.29, 0.717) is 16.1 Å². The fourth-order valence-electron chi connectivity index (χ4n) is 1.99. The van der Waals surface area contributed by atoms with E-state index >= 15 is 0 Å². The van der Waals surface area contributed by atoms with Gasteiger partial charge in [0.15, 0.2) is 9.84 Å². The summed E-state index contributed by atoms with van der Waals surface area (Å²) in [6.07, 6.45) is 1.20. The Balaban J connectivity index is 2.04. The summed E-state index contributed by atoms with van der Waals surface area (Å²) in [5.74, 6) is -0.776. The van der Waals surface area contributed by atoms with Gasteiger partial charge in [-0.3, -0.25) is 4.79 Å². The van der Waals surface area contributed by atoms with Gasteiger partial charge in [0.1, 0.15) is 5.00 Å². The van der Waals surface area contributed by atoms with Gasteiger partial charge in [-0.25, -0.2) is 13.2 Å². The van der Waals surface area contributed by atoms with Crippen molar-refractivity contribution in [3.8, 4) is 0 Å². The molecule has 128 valence electrons. The minimum atomic E-state index is -3.26. The molecule has 0 saturated carbocycles. The molecule has 0 unspecified atom stereocenters. The maximum atomic E-state index is 12.1. The van der Waals surface area contributed by atoms with Crippen LogP contribution in [0.15, 0.2) is 40.6 Å². The molecule has 0 aliphatic rings. The number of esters is 1. The van der Waals surface area contributed by atoms with Crippen molar-refractivity contribution < 1.29 is 22.7 Å². The summed E-state index contributed by atoms with van der Waals surface area (Å²) in [4.78, 5) is 24.1. The van der Waals surface area contributed by atoms with Crippen LogP contribution >= 0.6 is 11.3 Å². The molecule has 0 aliphatic heterocycles. The Morgan fingerprint density at radius 3 is 2.42 bits per heavy atom. The largest absolute Gasteiger partial charge is 0.462 e. The van der Waals surface area contributed by atoms with Gasteiger partial charge < -0.3 is 10.1 Å². The van der Waals surface area contributed by atoms with Crippen molar-refractivity contribution in [2.24, 2.45) is 0 Å². The normalized spacial score (nSPS) is 11.1. The van der Waals surface area contributed by atoms with Crippen molar-refractivity contribution in [1.29, 1.82) is 0 Å². The molecule has 1 aromatic heterocycles. The fraction of sp³-hybridized carbons (Fsp3) is 0.250. The fourth-order valence-corrected chi connectivity index (χ4v) is 3.41. The predicted octanol–water partition coefficient (Wildman–Crippen LogP) is 2.51. The zero-order valence-corrected chi connectivity index (χ0v) is 14.9. The van der Waals surface area contributed by atoms with Crippen LogP contribution in [-0.2, 0) is 25.8 Å². The van der Waals surface area contributed by atoms with Gasteiger partial charge in [-0.15, -0.1) is 11.3 Å². The first-order valence-electron chi connectivity index (χ1n) is 7.14. The topological polar surface area (TPSA) is 89.5 Å². The molecule has 0 atom stereocenters. The number of anilines is 1. The number of hydrogen-bond donors (Lipinski definition) is 1. The number of carbonyl (C=O) groups excluding carboxylic acids is 2. The molecule has 1 aromatic carbocycles. The predicted molar refractivity (Wildman–Crippen MR) is 92.2 cm³/mol. The molecule has 8 heteroatoms. The van der Waals surface area contributed by atoms with Gasteiger partial charge in [0.25, 0.3) is 0 Å². The van der Waals surface area contributed by atoms with Crippen molar-refractivity contribution in [3.05, 3.63) is 46.8 Å². The van der Waals surface area contributed by atoms with Crippen LogP contribution in [0.3, 0.4) is 0 Å². The van der Waals surface area contributed by atoms with Gasteiger partial charge in [-0.05, 0) is 36.1 Å². The quantitative estimate of drug-likeness (QED) is 0.793. The third kappa shape index (κ3) is 4.65. The number of rotatable bonds is 6. The first-order valence-corrected chi connectivity index (χ1v) is 9.92. The lowest BCUT2D eigenvalue weighted by Gasteiger charge is -2.07. The molecule has 0 saturated heterocycles. The molecule has 1 heterocycles. The molecular formula is C16H17NO5S2. The first-order chi connectivity index (χ1) is 11.3. The summed E-state index contributed by atoms with van der Waals surface area (Å²) in [6, 6.07) is 7.72. The van der Waals surface area contributed by atoms with Gasteiger partial charge in [0, 0.05) is 6.26 Å². The van der Waals surface area contributed by atoms with E-state index in [9.17, 15) is 18.0 Å². The number of sulfone groups is 1. The summed E-state index contributed by atoms with van der Waals surface area (Å²) < 4.78 is 27.8. The third-order valence-electron chi connectivity index (χ3n) is 3.13. The maximum Gasteiger partial charge on any atom is 0.341 e.